The van der Waals surface area contributed by atoms with Gasteiger partial charge in [-0.3, -0.25) is 0 Å². The van der Waals surface area contributed by atoms with Gasteiger partial charge in [0.25, 0.3) is 0 Å². The Kier molecular flexibility index (Phi) is 6.90. The van der Waals surface area contributed by atoms with Gasteiger partial charge in [0, 0.05) is 35.9 Å². The van der Waals surface area contributed by atoms with Gasteiger partial charge in [-0.05, 0) is 44.9 Å². The molecule has 2 nitrogen and oxygen atoms in total. The van der Waals surface area contributed by atoms with Crippen molar-refractivity contribution in [3.63, 3.8) is 0 Å². The second-order valence-corrected chi connectivity index (χ2v) is 7.47. The van der Waals surface area contributed by atoms with Gasteiger partial charge in [-0.1, -0.05) is 19.1 Å². The van der Waals surface area contributed by atoms with Crippen LogP contribution < -0.4 is 5.32 Å². The second kappa shape index (κ2) is 7.93. The average molecular weight is 281 g/mol. The molecule has 1 N–H and O–H groups in total. The fourth-order valence-electron chi connectivity index (χ4n) is 1.63. The van der Waals surface area contributed by atoms with Crippen LogP contribution in [0, 0.1) is 0 Å². The topological polar surface area (TPSA) is 21.3 Å². The predicted molar refractivity (Wildman–Crippen MR) is 84.8 cm³/mol. The number of benzene rings is 1. The fourth-order valence-corrected chi connectivity index (χ4v) is 2.60. The lowest BCUT2D eigenvalue weighted by atomic mass is 10.1. The van der Waals surface area contributed by atoms with E-state index in [1.54, 1.807) is 7.11 Å². The van der Waals surface area contributed by atoms with Gasteiger partial charge in [0.05, 0.1) is 0 Å². The third kappa shape index (κ3) is 7.61. The second-order valence-electron chi connectivity index (χ2n) is 5.96. The first-order valence-electron chi connectivity index (χ1n) is 6.90. The lowest BCUT2D eigenvalue weighted by Crippen LogP contribution is -2.35. The van der Waals surface area contributed by atoms with Crippen LogP contribution in [-0.2, 0) is 11.3 Å². The molecule has 0 fully saturated rings. The molecule has 1 aromatic rings. The molecule has 0 heterocycles. The average Bonchev–Trinajstić information content (AvgIpc) is 2.34. The molecule has 1 atom stereocenters. The van der Waals surface area contributed by atoms with E-state index in [0.29, 0.717) is 5.25 Å². The van der Waals surface area contributed by atoms with E-state index in [-0.39, 0.29) is 5.54 Å². The van der Waals surface area contributed by atoms with Gasteiger partial charge in [-0.2, -0.15) is 0 Å². The van der Waals surface area contributed by atoms with Gasteiger partial charge in [-0.25, -0.2) is 0 Å². The lowest BCUT2D eigenvalue weighted by Gasteiger charge is -2.20. The lowest BCUT2D eigenvalue weighted by molar-refractivity contribution is 0.195. The Bertz CT molecular complexity index is 356. The third-order valence-electron chi connectivity index (χ3n) is 2.81. The van der Waals surface area contributed by atoms with Crippen molar-refractivity contribution in [3.05, 3.63) is 29.8 Å². The largest absolute Gasteiger partial charge is 0.385 e. The van der Waals surface area contributed by atoms with Crippen molar-refractivity contribution in [3.8, 4) is 0 Å². The zero-order chi connectivity index (χ0) is 14.3. The molecule has 0 aliphatic carbocycles. The van der Waals surface area contributed by atoms with E-state index in [4.69, 9.17) is 4.74 Å². The third-order valence-corrected chi connectivity index (χ3v) is 3.99. The minimum Gasteiger partial charge on any atom is -0.385 e. The number of methoxy groups -OCH3 is 1. The van der Waals surface area contributed by atoms with Crippen LogP contribution in [0.2, 0.25) is 0 Å². The van der Waals surface area contributed by atoms with E-state index in [9.17, 15) is 0 Å². The number of ether oxygens (including phenoxy) is 1. The van der Waals surface area contributed by atoms with Crippen molar-refractivity contribution in [2.45, 2.75) is 56.3 Å². The highest BCUT2D eigenvalue weighted by Gasteiger charge is 2.08. The van der Waals surface area contributed by atoms with Crippen molar-refractivity contribution in [2.24, 2.45) is 0 Å². The monoisotopic (exact) mass is 281 g/mol. The first-order valence-corrected chi connectivity index (χ1v) is 7.78. The normalized spacial score (nSPS) is 13.5. The standard InChI is InChI=1S/C16H27NOS/c1-13(10-11-18-5)19-15-8-6-14(7-9-15)12-17-16(2,3)4/h6-9,13,17H,10-12H2,1-5H3. The fraction of sp³-hybridized carbons (Fsp3) is 0.625. The summed E-state index contributed by atoms with van der Waals surface area (Å²) in [5, 5.41) is 4.10. The predicted octanol–water partition coefficient (Wildman–Crippen LogP) is 4.09. The zero-order valence-electron chi connectivity index (χ0n) is 12.8. The quantitative estimate of drug-likeness (QED) is 0.761. The number of thioether (sulfide) groups is 1. The molecule has 0 bridgehead atoms. The van der Waals surface area contributed by atoms with E-state index in [1.807, 2.05) is 11.8 Å². The minimum absolute atomic E-state index is 0.169. The highest BCUT2D eigenvalue weighted by atomic mass is 32.2. The molecule has 19 heavy (non-hydrogen) atoms. The van der Waals surface area contributed by atoms with Gasteiger partial charge in [-0.15, -0.1) is 11.8 Å². The molecule has 0 spiro atoms. The molecule has 0 aliphatic rings. The van der Waals surface area contributed by atoms with Gasteiger partial charge < -0.3 is 10.1 Å². The van der Waals surface area contributed by atoms with Gasteiger partial charge in [0.1, 0.15) is 0 Å². The van der Waals surface area contributed by atoms with Crippen LogP contribution >= 0.6 is 11.8 Å². The summed E-state index contributed by atoms with van der Waals surface area (Å²) in [7, 11) is 1.76. The van der Waals surface area contributed by atoms with Crippen molar-refractivity contribution < 1.29 is 4.74 Å². The van der Waals surface area contributed by atoms with Crippen LogP contribution in [0.5, 0.6) is 0 Å². The van der Waals surface area contributed by atoms with Crippen molar-refractivity contribution in [2.75, 3.05) is 13.7 Å². The van der Waals surface area contributed by atoms with Crippen molar-refractivity contribution in [1.82, 2.24) is 5.32 Å². The highest BCUT2D eigenvalue weighted by molar-refractivity contribution is 7.99. The molecule has 1 aromatic carbocycles. The van der Waals surface area contributed by atoms with E-state index >= 15 is 0 Å². The summed E-state index contributed by atoms with van der Waals surface area (Å²) >= 11 is 1.92. The minimum atomic E-state index is 0.169. The molecular weight excluding hydrogens is 254 g/mol. The maximum absolute atomic E-state index is 5.11. The molecule has 0 aromatic heterocycles. The number of hydrogen-bond donors (Lipinski definition) is 1. The molecule has 0 aliphatic heterocycles. The molecule has 1 rings (SSSR count). The Hall–Kier alpha value is -0.510. The van der Waals surface area contributed by atoms with Crippen LogP contribution in [0.4, 0.5) is 0 Å². The van der Waals surface area contributed by atoms with Crippen LogP contribution in [0.1, 0.15) is 39.7 Å². The summed E-state index contributed by atoms with van der Waals surface area (Å²) in [6.07, 6.45) is 1.09. The number of rotatable bonds is 7. The van der Waals surface area contributed by atoms with Gasteiger partial charge in [0.15, 0.2) is 0 Å². The molecular formula is C16H27NOS. The summed E-state index contributed by atoms with van der Waals surface area (Å²) in [5.41, 5.74) is 1.51. The number of nitrogens with one attached hydrogen (secondary N) is 1. The Morgan fingerprint density at radius 3 is 2.37 bits per heavy atom. The zero-order valence-corrected chi connectivity index (χ0v) is 13.6. The Balaban J connectivity index is 2.43. The molecule has 108 valence electrons. The summed E-state index contributed by atoms with van der Waals surface area (Å²) in [5.74, 6) is 0. The maximum Gasteiger partial charge on any atom is 0.0472 e. The van der Waals surface area contributed by atoms with Gasteiger partial charge in [0.2, 0.25) is 0 Å². The van der Waals surface area contributed by atoms with Crippen LogP contribution in [0.3, 0.4) is 0 Å². The number of hydrogen-bond acceptors (Lipinski definition) is 3. The molecule has 0 saturated heterocycles. The first kappa shape index (κ1) is 16.5. The van der Waals surface area contributed by atoms with E-state index in [0.717, 1.165) is 19.6 Å². The molecule has 0 saturated carbocycles. The summed E-state index contributed by atoms with van der Waals surface area (Å²) in [6.45, 7) is 10.6. The Labute approximate surface area is 122 Å². The van der Waals surface area contributed by atoms with Crippen molar-refractivity contribution in [1.29, 1.82) is 0 Å². The van der Waals surface area contributed by atoms with E-state index < -0.39 is 0 Å². The van der Waals surface area contributed by atoms with Crippen molar-refractivity contribution >= 4 is 11.8 Å². The summed E-state index contributed by atoms with van der Waals surface area (Å²) in [6, 6.07) is 8.86. The van der Waals surface area contributed by atoms with Crippen LogP contribution in [0.25, 0.3) is 0 Å². The van der Waals surface area contributed by atoms with E-state index in [2.05, 4.69) is 57.3 Å². The van der Waals surface area contributed by atoms with E-state index in [1.165, 1.54) is 10.5 Å². The molecule has 1 unspecified atom stereocenters. The first-order chi connectivity index (χ1) is 8.90. The maximum atomic E-state index is 5.11. The molecule has 0 radical (unpaired) electrons. The van der Waals surface area contributed by atoms with Crippen LogP contribution in [0.15, 0.2) is 29.2 Å². The smallest absolute Gasteiger partial charge is 0.0472 e. The molecule has 3 heteroatoms. The molecule has 0 amide bonds. The summed E-state index contributed by atoms with van der Waals surface area (Å²) < 4.78 is 5.11. The van der Waals surface area contributed by atoms with Crippen LogP contribution in [-0.4, -0.2) is 24.5 Å². The Morgan fingerprint density at radius 1 is 1.21 bits per heavy atom. The van der Waals surface area contributed by atoms with Gasteiger partial charge >= 0.3 is 0 Å². The highest BCUT2D eigenvalue weighted by Crippen LogP contribution is 2.25. The SMILES string of the molecule is COCCC(C)Sc1ccc(CNC(C)(C)C)cc1. The summed E-state index contributed by atoms with van der Waals surface area (Å²) in [4.78, 5) is 1.34. The Morgan fingerprint density at radius 2 is 1.84 bits per heavy atom.